The molecule has 0 aliphatic carbocycles. The lowest BCUT2D eigenvalue weighted by atomic mass is 10.1. The summed E-state index contributed by atoms with van der Waals surface area (Å²) in [6.07, 6.45) is -0.974. The van der Waals surface area contributed by atoms with E-state index in [1.165, 1.54) is 0 Å². The number of carbonyl (C=O) groups excluding carboxylic acids is 3. The summed E-state index contributed by atoms with van der Waals surface area (Å²) in [6, 6.07) is 14.8. The van der Waals surface area contributed by atoms with E-state index in [2.05, 4.69) is 0 Å². The van der Waals surface area contributed by atoms with Crippen LogP contribution in [0.2, 0.25) is 0 Å². The molecule has 6 heteroatoms. The Balaban J connectivity index is 2.49. The van der Waals surface area contributed by atoms with Crippen molar-refractivity contribution in [2.45, 2.75) is 39.7 Å². The number of benzene rings is 2. The van der Waals surface area contributed by atoms with Crippen molar-refractivity contribution in [2.24, 2.45) is 0 Å². The summed E-state index contributed by atoms with van der Waals surface area (Å²) < 4.78 is 0. The molecular formula is C21H23N2O4. The number of hydrogen-bond donors (Lipinski definition) is 0. The molecule has 3 amide bonds. The summed E-state index contributed by atoms with van der Waals surface area (Å²) in [7, 11) is 0. The van der Waals surface area contributed by atoms with E-state index in [1.54, 1.807) is 75.4 Å². The maximum Gasteiger partial charge on any atom is 0.479 e. The van der Waals surface area contributed by atoms with Crippen LogP contribution in [0, 0.1) is 0 Å². The highest BCUT2D eigenvalue weighted by Gasteiger charge is 2.40. The van der Waals surface area contributed by atoms with Gasteiger partial charge in [0, 0.05) is 11.1 Å². The summed E-state index contributed by atoms with van der Waals surface area (Å²) >= 11 is 0. The Kier molecular flexibility index (Phi) is 6.00. The molecular weight excluding hydrogens is 344 g/mol. The third kappa shape index (κ3) is 4.53. The van der Waals surface area contributed by atoms with Crippen molar-refractivity contribution in [1.82, 2.24) is 10.0 Å². The van der Waals surface area contributed by atoms with Crippen LogP contribution in [0.25, 0.3) is 0 Å². The summed E-state index contributed by atoms with van der Waals surface area (Å²) in [5, 5.41) is 13.2. The highest BCUT2D eigenvalue weighted by atomic mass is 16.4. The highest BCUT2D eigenvalue weighted by molar-refractivity contribution is 6.05. The fraction of sp³-hybridized carbons (Fsp3) is 0.286. The topological polar surface area (TPSA) is 77.6 Å². The van der Waals surface area contributed by atoms with Crippen LogP contribution in [-0.2, 0) is 11.5 Å². The van der Waals surface area contributed by atoms with Crippen molar-refractivity contribution < 1.29 is 19.5 Å². The average molecular weight is 367 g/mol. The molecule has 1 radical (unpaired) electrons. The standard InChI is InChI=1S/C21H23N2O4/c1-5-15-11-13-17(14-12-15)18(24)22(20(26)27)23(21(2,3)4)19(25)16-9-7-6-8-10-16/h6-14H,5H2,1-4H3. The third-order valence-electron chi connectivity index (χ3n) is 4.02. The smallest absolute Gasteiger partial charge is 0.267 e. The molecule has 0 unspecified atom stereocenters. The Hall–Kier alpha value is -3.15. The van der Waals surface area contributed by atoms with E-state index in [4.69, 9.17) is 0 Å². The number of carbonyl (C=O) groups is 3. The maximum atomic E-state index is 13.0. The Morgan fingerprint density at radius 2 is 1.33 bits per heavy atom. The molecule has 0 atom stereocenters. The Bertz CT molecular complexity index is 824. The Labute approximate surface area is 159 Å². The van der Waals surface area contributed by atoms with Gasteiger partial charge < -0.3 is 0 Å². The molecule has 2 aromatic rings. The van der Waals surface area contributed by atoms with Crippen LogP contribution in [0.1, 0.15) is 54.0 Å². The van der Waals surface area contributed by atoms with Crippen LogP contribution < -0.4 is 0 Å². The Morgan fingerprint density at radius 1 is 0.815 bits per heavy atom. The lowest BCUT2D eigenvalue weighted by molar-refractivity contribution is -0.0381. The average Bonchev–Trinajstić information content (AvgIpc) is 2.64. The van der Waals surface area contributed by atoms with Gasteiger partial charge in [-0.15, -0.1) is 5.01 Å². The second kappa shape index (κ2) is 8.03. The van der Waals surface area contributed by atoms with E-state index in [0.29, 0.717) is 5.01 Å². The number of hydrazine groups is 1. The van der Waals surface area contributed by atoms with Crippen LogP contribution in [0.15, 0.2) is 54.6 Å². The van der Waals surface area contributed by atoms with Gasteiger partial charge in [-0.3, -0.25) is 9.59 Å². The van der Waals surface area contributed by atoms with E-state index < -0.39 is 23.4 Å². The molecule has 0 aliphatic heterocycles. The zero-order valence-corrected chi connectivity index (χ0v) is 15.9. The quantitative estimate of drug-likeness (QED) is 0.766. The van der Waals surface area contributed by atoms with Gasteiger partial charge in [0.2, 0.25) is 0 Å². The molecule has 2 aromatic carbocycles. The third-order valence-corrected chi connectivity index (χ3v) is 4.02. The van der Waals surface area contributed by atoms with Crippen molar-refractivity contribution in [1.29, 1.82) is 0 Å². The molecule has 0 aliphatic rings. The summed E-state index contributed by atoms with van der Waals surface area (Å²) in [4.78, 5) is 37.8. The summed E-state index contributed by atoms with van der Waals surface area (Å²) in [6.45, 7) is 6.93. The van der Waals surface area contributed by atoms with Gasteiger partial charge in [0.15, 0.2) is 0 Å². The molecule has 0 N–H and O–H groups in total. The van der Waals surface area contributed by atoms with Gasteiger partial charge >= 0.3 is 6.09 Å². The van der Waals surface area contributed by atoms with Gasteiger partial charge in [-0.25, -0.2) is 14.9 Å². The molecule has 27 heavy (non-hydrogen) atoms. The molecule has 6 nitrogen and oxygen atoms in total. The first-order valence-corrected chi connectivity index (χ1v) is 8.70. The van der Waals surface area contributed by atoms with E-state index in [0.717, 1.165) is 17.0 Å². The van der Waals surface area contributed by atoms with Crippen LogP contribution in [0.5, 0.6) is 0 Å². The number of amides is 3. The lowest BCUT2D eigenvalue weighted by Gasteiger charge is -2.40. The molecule has 0 aromatic heterocycles. The first kappa shape index (κ1) is 20.2. The fourth-order valence-electron chi connectivity index (χ4n) is 2.66. The van der Waals surface area contributed by atoms with E-state index in [-0.39, 0.29) is 11.1 Å². The monoisotopic (exact) mass is 367 g/mol. The second-order valence-electron chi connectivity index (χ2n) is 7.09. The molecule has 0 saturated carbocycles. The molecule has 141 valence electrons. The Morgan fingerprint density at radius 3 is 1.78 bits per heavy atom. The predicted molar refractivity (Wildman–Crippen MR) is 100 cm³/mol. The summed E-state index contributed by atoms with van der Waals surface area (Å²) in [5.74, 6) is -1.44. The first-order chi connectivity index (χ1) is 12.7. The van der Waals surface area contributed by atoms with Crippen LogP contribution in [0.4, 0.5) is 4.79 Å². The number of rotatable bonds is 3. The van der Waals surface area contributed by atoms with Crippen molar-refractivity contribution in [3.63, 3.8) is 0 Å². The number of imide groups is 1. The lowest BCUT2D eigenvalue weighted by Crippen LogP contribution is -2.59. The van der Waals surface area contributed by atoms with Crippen LogP contribution in [-0.4, -0.2) is 33.5 Å². The fourth-order valence-corrected chi connectivity index (χ4v) is 2.66. The highest BCUT2D eigenvalue weighted by Crippen LogP contribution is 2.23. The zero-order chi connectivity index (χ0) is 20.2. The van der Waals surface area contributed by atoms with E-state index >= 15 is 0 Å². The van der Waals surface area contributed by atoms with Crippen LogP contribution >= 0.6 is 0 Å². The minimum Gasteiger partial charge on any atom is -0.267 e. The minimum atomic E-state index is -1.77. The molecule has 2 rings (SSSR count). The normalized spacial score (nSPS) is 11.0. The summed E-state index contributed by atoms with van der Waals surface area (Å²) in [5.41, 5.74) is 0.463. The van der Waals surface area contributed by atoms with Crippen molar-refractivity contribution in [3.05, 3.63) is 71.3 Å². The van der Waals surface area contributed by atoms with Gasteiger partial charge in [0.1, 0.15) is 0 Å². The minimum absolute atomic E-state index is 0.159. The predicted octanol–water partition coefficient (Wildman–Crippen LogP) is 4.10. The van der Waals surface area contributed by atoms with Gasteiger partial charge in [0.05, 0.1) is 5.54 Å². The van der Waals surface area contributed by atoms with Gasteiger partial charge in [-0.2, -0.15) is 0 Å². The molecule has 0 fully saturated rings. The first-order valence-electron chi connectivity index (χ1n) is 8.70. The molecule has 0 spiro atoms. The van der Waals surface area contributed by atoms with E-state index in [1.807, 2.05) is 6.92 Å². The second-order valence-corrected chi connectivity index (χ2v) is 7.09. The number of hydrogen-bond acceptors (Lipinski definition) is 3. The molecule has 0 heterocycles. The number of aryl methyl sites for hydroxylation is 1. The van der Waals surface area contributed by atoms with Gasteiger partial charge in [0.25, 0.3) is 11.8 Å². The van der Waals surface area contributed by atoms with Gasteiger partial charge in [-0.1, -0.05) is 37.3 Å². The SMILES string of the molecule is CCc1ccc(C(=O)N(C([O])=O)N(C(=O)c2ccccc2)C(C)(C)C)cc1. The van der Waals surface area contributed by atoms with Crippen molar-refractivity contribution in [2.75, 3.05) is 0 Å². The molecule has 0 bridgehead atoms. The molecule has 0 saturated heterocycles. The van der Waals surface area contributed by atoms with Crippen LogP contribution in [0.3, 0.4) is 0 Å². The number of nitrogens with zero attached hydrogens (tertiary/aromatic N) is 2. The van der Waals surface area contributed by atoms with Crippen molar-refractivity contribution in [3.8, 4) is 0 Å². The maximum absolute atomic E-state index is 13.0. The van der Waals surface area contributed by atoms with E-state index in [9.17, 15) is 19.5 Å². The van der Waals surface area contributed by atoms with Crippen molar-refractivity contribution >= 4 is 17.9 Å². The van der Waals surface area contributed by atoms with Gasteiger partial charge in [-0.05, 0) is 57.0 Å². The largest absolute Gasteiger partial charge is 0.479 e. The zero-order valence-electron chi connectivity index (χ0n) is 15.9.